The first-order chi connectivity index (χ1) is 57.2. The van der Waals surface area contributed by atoms with Crippen LogP contribution in [0.3, 0.4) is 0 Å². The largest absolute Gasteiger partial charge is 0.394 e. The fraction of sp³-hybridized carbons (Fsp3) is 0.889. The lowest BCUT2D eigenvalue weighted by Gasteiger charge is -2.48. The van der Waals surface area contributed by atoms with E-state index in [2.05, 4.69) is 16.0 Å². The molecule has 4 saturated heterocycles. The Bertz CT molecular complexity index is 3140. The Morgan fingerprint density at radius 3 is 0.846 bits per heavy atom. The molecule has 0 spiro atoms. The maximum Gasteiger partial charge on any atom is 0.303 e. The Labute approximate surface area is 717 Å². The Hall–Kier alpha value is -4.83. The summed E-state index contributed by atoms with van der Waals surface area (Å²) in [5.74, 6) is -16.6. The third-order valence-electron chi connectivity index (χ3n) is 23.1. The highest BCUT2D eigenvalue weighted by molar-refractivity contribution is 5.94. The van der Waals surface area contributed by atoms with E-state index in [1.54, 1.807) is 27.7 Å². The van der Waals surface area contributed by atoms with E-state index in [1.807, 2.05) is 0 Å². The lowest BCUT2D eigenvalue weighted by molar-refractivity contribution is -0.412. The summed E-state index contributed by atoms with van der Waals surface area (Å²) in [4.78, 5) is 105. The van der Waals surface area contributed by atoms with E-state index in [0.29, 0.717) is 70.6 Å². The molecular formula is C81H149F2N7O33. The molecule has 4 aliphatic heterocycles. The molecular weight excluding hydrogens is 1640 g/mol. The summed E-state index contributed by atoms with van der Waals surface area (Å²) >= 11 is 0. The minimum atomic E-state index is -4.00. The lowest BCUT2D eigenvalue weighted by atomic mass is 9.87. The number of rotatable bonds is 52. The van der Waals surface area contributed by atoms with Crippen LogP contribution in [-0.2, 0) is 62.1 Å². The number of amides is 3. The van der Waals surface area contributed by atoms with Gasteiger partial charge in [-0.25, -0.2) is 8.78 Å². The van der Waals surface area contributed by atoms with E-state index in [1.165, 1.54) is 34.6 Å². The van der Waals surface area contributed by atoms with Gasteiger partial charge in [-0.3, -0.25) is 43.2 Å². The van der Waals surface area contributed by atoms with Crippen LogP contribution in [0, 0.1) is 11.8 Å². The molecule has 4 aliphatic rings. The van der Waals surface area contributed by atoms with E-state index < -0.39 is 220 Å². The highest BCUT2D eigenvalue weighted by Gasteiger charge is 2.65. The number of aliphatic hydroxyl groups is 20. The molecule has 0 aromatic carbocycles. The second kappa shape index (κ2) is 56.6. The molecule has 0 radical (unpaired) electrons. The third-order valence-corrected chi connectivity index (χ3v) is 23.1. The topological polar surface area (TPSA) is 735 Å². The van der Waals surface area contributed by atoms with Gasteiger partial charge in [0.15, 0.2) is 34.7 Å². The number of halogens is 2. The monoisotopic (exact) mass is 1790 g/mol. The number of carbonyl (C=O) groups is 9. The van der Waals surface area contributed by atoms with E-state index in [9.17, 15) is 144 Å². The fourth-order valence-electron chi connectivity index (χ4n) is 13.9. The average molecular weight is 1790 g/mol. The molecule has 0 aromatic heterocycles. The van der Waals surface area contributed by atoms with Crippen LogP contribution in [0.1, 0.15) is 249 Å². The van der Waals surface area contributed by atoms with E-state index in [4.69, 9.17) is 52.1 Å². The van der Waals surface area contributed by atoms with Crippen molar-refractivity contribution in [2.24, 2.45) is 34.8 Å². The van der Waals surface area contributed by atoms with Gasteiger partial charge in [0.25, 0.3) is 5.79 Å². The van der Waals surface area contributed by atoms with Crippen LogP contribution in [0.25, 0.3) is 0 Å². The average Bonchev–Trinajstić information content (AvgIpc) is 0.740. The predicted octanol–water partition coefficient (Wildman–Crippen LogP) is -4.87. The minimum absolute atomic E-state index is 0.00798. The zero-order chi connectivity index (χ0) is 94.4. The molecule has 42 heteroatoms. The summed E-state index contributed by atoms with van der Waals surface area (Å²) in [6.07, 6.45) is -12.9. The molecule has 123 heavy (non-hydrogen) atoms. The van der Waals surface area contributed by atoms with Crippen molar-refractivity contribution in [1.82, 2.24) is 16.0 Å². The van der Waals surface area contributed by atoms with Crippen molar-refractivity contribution in [3.8, 4) is 0 Å². The second-order valence-corrected chi connectivity index (χ2v) is 33.6. The Balaban J connectivity index is 0.000000828. The number of unbranched alkanes of at least 4 members (excludes halogenated alkanes) is 15. The number of aliphatic hydroxyl groups excluding tert-OH is 16. The summed E-state index contributed by atoms with van der Waals surface area (Å²) in [5, 5.41) is 204. The molecule has 29 atom stereocenters. The first kappa shape index (κ1) is 116. The molecule has 0 aliphatic carbocycles. The summed E-state index contributed by atoms with van der Waals surface area (Å²) < 4.78 is 49.7. The van der Waals surface area contributed by atoms with E-state index in [-0.39, 0.29) is 97.9 Å². The molecule has 720 valence electrons. The summed E-state index contributed by atoms with van der Waals surface area (Å²) in [5.41, 5.74) is 23.2. The van der Waals surface area contributed by atoms with Gasteiger partial charge in [0.2, 0.25) is 17.7 Å². The van der Waals surface area contributed by atoms with E-state index >= 15 is 0 Å². The number of carbonyl (C=O) groups excluding carboxylic acids is 9. The summed E-state index contributed by atoms with van der Waals surface area (Å²) in [7, 11) is 0. The van der Waals surface area contributed by atoms with Crippen LogP contribution in [0.5, 0.6) is 0 Å². The van der Waals surface area contributed by atoms with Gasteiger partial charge in [-0.1, -0.05) is 110 Å². The quantitative estimate of drug-likeness (QED) is 0.0254. The Kier molecular flexibility index (Phi) is 53.4. The minimum Gasteiger partial charge on any atom is -0.394 e. The zero-order valence-corrected chi connectivity index (χ0v) is 72.6. The van der Waals surface area contributed by atoms with Gasteiger partial charge in [-0.15, -0.1) is 0 Å². The summed E-state index contributed by atoms with van der Waals surface area (Å²) in [6.45, 7) is 10.9. The van der Waals surface area contributed by atoms with Gasteiger partial charge in [0, 0.05) is 50.4 Å². The maximum atomic E-state index is 14.7. The van der Waals surface area contributed by atoms with Crippen LogP contribution in [0.15, 0.2) is 0 Å². The number of nitrogens with one attached hydrogen (secondary N) is 3. The Morgan fingerprint density at radius 1 is 0.333 bits per heavy atom. The number of ether oxygens (including phenoxy) is 4. The van der Waals surface area contributed by atoms with Crippen LogP contribution in [-0.4, -0.2) is 350 Å². The smallest absolute Gasteiger partial charge is 0.303 e. The number of alkyl halides is 2. The van der Waals surface area contributed by atoms with Gasteiger partial charge >= 0.3 is 5.92 Å². The van der Waals surface area contributed by atoms with Gasteiger partial charge in [0.1, 0.15) is 115 Å². The van der Waals surface area contributed by atoms with Crippen molar-refractivity contribution in [3.63, 3.8) is 0 Å². The molecule has 4 fully saturated rings. The first-order valence-corrected chi connectivity index (χ1v) is 42.8. The van der Waals surface area contributed by atoms with Crippen LogP contribution >= 0.6 is 0 Å². The molecule has 4 rings (SSSR count). The normalized spacial score (nSPS) is 31.1. The van der Waals surface area contributed by atoms with Gasteiger partial charge < -0.3 is 160 Å². The molecule has 0 aromatic rings. The van der Waals surface area contributed by atoms with Gasteiger partial charge in [-0.2, -0.15) is 0 Å². The maximum absolute atomic E-state index is 14.7. The van der Waals surface area contributed by atoms with Gasteiger partial charge in [-0.05, 0) is 99.8 Å². The van der Waals surface area contributed by atoms with E-state index in [0.717, 1.165) is 57.8 Å². The van der Waals surface area contributed by atoms with Crippen LogP contribution < -0.4 is 38.9 Å². The van der Waals surface area contributed by atoms with Crippen molar-refractivity contribution in [3.05, 3.63) is 0 Å². The van der Waals surface area contributed by atoms with Crippen molar-refractivity contribution in [2.45, 2.75) is 418 Å². The zero-order valence-electron chi connectivity index (χ0n) is 72.6. The third kappa shape index (κ3) is 37.7. The number of nitrogens with two attached hydrogens (primary N) is 4. The number of hydrogen-bond acceptors (Lipinski definition) is 37. The van der Waals surface area contributed by atoms with Crippen molar-refractivity contribution >= 4 is 52.4 Å². The second-order valence-electron chi connectivity index (χ2n) is 33.6. The number of hydrogen-bond donors (Lipinski definition) is 27. The molecule has 4 heterocycles. The van der Waals surface area contributed by atoms with Crippen molar-refractivity contribution in [1.29, 1.82) is 0 Å². The highest BCUT2D eigenvalue weighted by atomic mass is 19.3. The molecule has 40 nitrogen and oxygen atoms in total. The molecule has 31 N–H and O–H groups in total. The predicted molar refractivity (Wildman–Crippen MR) is 434 cm³/mol. The van der Waals surface area contributed by atoms with Crippen LogP contribution in [0.4, 0.5) is 8.78 Å². The molecule has 3 amide bonds. The highest BCUT2D eigenvalue weighted by Crippen LogP contribution is 2.43. The van der Waals surface area contributed by atoms with Crippen molar-refractivity contribution in [2.75, 3.05) is 26.4 Å². The standard InChI is InChI=1S/C23H40F2N2O9.C23H42N2O9.C19H36N2O8.C16H31NO7/c1-12(14(3)29)10-16(30)13(2)27-21(34)15(26)8-6-4-5-7-9-22(24,25)23(35)20(33)19(32)18(31)17(11-28)36-23;1-13(15(3)27)11-17(28)14(2)25-22(32)16(24)9-7-5-4-6-8-10-23(33)21(31)20(30)19(29)18(12-26)34-23;1-11(12(2)23)21-18(27)13(20)8-6-4-3-5-7-9-19(28)17(26)16(25)15(24)14(10-22)29-19;1-10(19)11(17)7-5-3-2-4-6-8-16(23)15(22)14(21)13(20)12(9-18)24-16/h12-13,15,17-20,28,31-33,35H,4-11,26H2,1-3H3,(H,27,34);13-14,16,18-21,26,29-31,33H,4-12,24H2,1-3H3,(H,25,32);11,13-17,22,24-26,28H,3-10,20H2,1-2H3,(H,21,27);11-15,18,20-23H,2-9,17H2,1H3/t12-,13+,15+,17-,18+,19+,20-,23-;13-,14+,16+,18-,19-,20+,21-,23+;11-,13-,14+,15-,16-,17+,19-;11-,12+,13-,14-,15+,16-/m1100/s1. The van der Waals surface area contributed by atoms with Gasteiger partial charge in [0.05, 0.1) is 68.7 Å². The fourth-order valence-corrected chi connectivity index (χ4v) is 13.9. The number of Topliss-reactive ketones (excluding diaryl/α,β-unsaturated/α-hetero) is 6. The van der Waals surface area contributed by atoms with Crippen molar-refractivity contribution < 1.29 is 173 Å². The Morgan fingerprint density at radius 2 is 0.577 bits per heavy atom. The molecule has 0 unspecified atom stereocenters. The van der Waals surface area contributed by atoms with Crippen LogP contribution in [0.2, 0.25) is 0 Å². The summed E-state index contributed by atoms with van der Waals surface area (Å²) in [6, 6.07) is -4.82. The lowest BCUT2D eigenvalue weighted by Crippen LogP contribution is -2.71. The number of ketones is 6. The molecule has 0 bridgehead atoms. The SMILES string of the molecule is CC(=O)[C@@H](N)CCCCCCC[C@]1(O)O[C@H](CO)[C@H](O)[C@H](O)[C@H]1O.CC(=O)[C@H](C)CC(=O)[C@H](C)NC(=O)[C@@H](N)CCCCCCC(F)(F)[C@]1(O)O[C@H](CO)[C@H](O)[C@H](O)[C@H]1O.CC(=O)[C@H](C)CC(=O)[C@H](C)NC(=O)[C@@H](N)CCCCCCC[C@]1(O)O[C@H](CO)[C@@H](O)[C@H](O)[C@H]1O.CC(=O)[C@H](C)NC(=O)[C@@H](N)CCCCCCC[C@]1(O)O[C@H](CO)[C@H](O)[C@H](O)[C@H]1O. The molecule has 0 saturated carbocycles. The first-order valence-electron chi connectivity index (χ1n) is 42.8.